The minimum atomic E-state index is -1.02. The van der Waals surface area contributed by atoms with E-state index in [1.165, 1.54) is 5.57 Å². The molecule has 92 valence electrons. The third-order valence-electron chi connectivity index (χ3n) is 4.14. The van der Waals surface area contributed by atoms with E-state index in [1.807, 2.05) is 0 Å². The van der Waals surface area contributed by atoms with Crippen molar-refractivity contribution in [2.24, 2.45) is 11.3 Å². The molecule has 0 saturated carbocycles. The lowest BCUT2D eigenvalue weighted by Gasteiger charge is -2.34. The van der Waals surface area contributed by atoms with Crippen molar-refractivity contribution in [1.29, 1.82) is 0 Å². The summed E-state index contributed by atoms with van der Waals surface area (Å²) in [6.45, 7) is 6.47. The Labute approximate surface area is 101 Å². The molecule has 3 nitrogen and oxygen atoms in total. The summed E-state index contributed by atoms with van der Waals surface area (Å²) in [7, 11) is 0. The van der Waals surface area contributed by atoms with Crippen LogP contribution in [-0.2, 0) is 9.53 Å². The monoisotopic (exact) mass is 234 g/mol. The molecule has 2 atom stereocenters. The van der Waals surface area contributed by atoms with Crippen LogP contribution in [0.2, 0.25) is 0 Å². The maximum atomic E-state index is 11.7. The zero-order valence-electron chi connectivity index (χ0n) is 10.5. The lowest BCUT2D eigenvalue weighted by Crippen LogP contribution is -2.37. The van der Waals surface area contributed by atoms with E-state index in [-0.39, 0.29) is 11.4 Å². The quantitative estimate of drug-likeness (QED) is 0.652. The largest absolute Gasteiger partial charge is 0.457 e. The lowest BCUT2D eigenvalue weighted by atomic mass is 9.73. The fourth-order valence-corrected chi connectivity index (χ4v) is 3.62. The van der Waals surface area contributed by atoms with Gasteiger partial charge in [0, 0.05) is 5.57 Å². The molecule has 1 heterocycles. The summed E-state index contributed by atoms with van der Waals surface area (Å²) >= 11 is 0. The average molecular weight is 234 g/mol. The molecule has 0 unspecified atom stereocenters. The van der Waals surface area contributed by atoms with Gasteiger partial charge in [0.1, 0.15) is 6.61 Å². The van der Waals surface area contributed by atoms with Crippen molar-refractivity contribution >= 4 is 5.97 Å². The number of cyclic esters (lactones) is 1. The molecule has 0 aromatic heterocycles. The fourth-order valence-electron chi connectivity index (χ4n) is 3.62. The van der Waals surface area contributed by atoms with E-state index in [4.69, 9.17) is 4.74 Å². The summed E-state index contributed by atoms with van der Waals surface area (Å²) in [4.78, 5) is 11.7. The maximum absolute atomic E-state index is 11.7. The van der Waals surface area contributed by atoms with Crippen molar-refractivity contribution < 1.29 is 14.6 Å². The molecule has 0 amide bonds. The van der Waals surface area contributed by atoms with Crippen LogP contribution in [0.25, 0.3) is 0 Å². The first-order chi connectivity index (χ1) is 7.80. The topological polar surface area (TPSA) is 46.5 Å². The molecule has 17 heavy (non-hydrogen) atoms. The molecule has 1 aliphatic heterocycles. The Morgan fingerprint density at radius 2 is 2.06 bits per heavy atom. The Balaban J connectivity index is 2.14. The van der Waals surface area contributed by atoms with E-state index in [1.54, 1.807) is 6.92 Å². The molecular formula is C14H18O3. The first-order valence-corrected chi connectivity index (χ1v) is 6.16. The third-order valence-corrected chi connectivity index (χ3v) is 4.14. The summed E-state index contributed by atoms with van der Waals surface area (Å²) in [6, 6.07) is 0. The Morgan fingerprint density at radius 3 is 2.76 bits per heavy atom. The van der Waals surface area contributed by atoms with Crippen LogP contribution in [0, 0.1) is 11.3 Å². The van der Waals surface area contributed by atoms with E-state index in [0.29, 0.717) is 24.5 Å². The van der Waals surface area contributed by atoms with Gasteiger partial charge in [-0.1, -0.05) is 19.9 Å². The van der Waals surface area contributed by atoms with Crippen LogP contribution < -0.4 is 0 Å². The normalized spacial score (nSPS) is 38.7. The van der Waals surface area contributed by atoms with Crippen LogP contribution in [0.5, 0.6) is 0 Å². The SMILES string of the molecule is CC1(C)C=C2C3=C(C(=O)OC3)[C@@](C)(O)C[C@H]2C1. The Morgan fingerprint density at radius 1 is 1.35 bits per heavy atom. The second-order valence-corrected chi connectivity index (χ2v) is 6.40. The van der Waals surface area contributed by atoms with Crippen LogP contribution in [-0.4, -0.2) is 23.3 Å². The number of aliphatic hydroxyl groups is 1. The van der Waals surface area contributed by atoms with Crippen molar-refractivity contribution in [3.05, 3.63) is 22.8 Å². The van der Waals surface area contributed by atoms with Crippen molar-refractivity contribution in [2.45, 2.75) is 39.2 Å². The first kappa shape index (κ1) is 11.0. The zero-order chi connectivity index (χ0) is 12.4. The number of carbonyl (C=O) groups excluding carboxylic acids is 1. The Hall–Kier alpha value is -1.09. The van der Waals surface area contributed by atoms with E-state index < -0.39 is 5.60 Å². The standard InChI is InChI=1S/C14H18O3/c1-13(2)4-8-5-14(3,16)11-10(9(8)6-13)7-17-12(11)15/h6,8,16H,4-5,7H2,1-3H3/t8-,14+/m1/s1. The van der Waals surface area contributed by atoms with Gasteiger partial charge in [-0.05, 0) is 36.7 Å². The Kier molecular flexibility index (Phi) is 1.96. The van der Waals surface area contributed by atoms with Gasteiger partial charge in [-0.3, -0.25) is 0 Å². The van der Waals surface area contributed by atoms with Gasteiger partial charge in [0.15, 0.2) is 0 Å². The number of rotatable bonds is 0. The summed E-state index contributed by atoms with van der Waals surface area (Å²) in [5.41, 5.74) is 1.82. The van der Waals surface area contributed by atoms with Gasteiger partial charge >= 0.3 is 5.97 Å². The van der Waals surface area contributed by atoms with Crippen molar-refractivity contribution in [3.63, 3.8) is 0 Å². The predicted molar refractivity (Wildman–Crippen MR) is 63.2 cm³/mol. The molecule has 0 spiro atoms. The van der Waals surface area contributed by atoms with Gasteiger partial charge in [-0.25, -0.2) is 4.79 Å². The maximum Gasteiger partial charge on any atom is 0.337 e. The third kappa shape index (κ3) is 1.48. The number of esters is 1. The second-order valence-electron chi connectivity index (χ2n) is 6.40. The molecule has 1 N–H and O–H groups in total. The van der Waals surface area contributed by atoms with E-state index >= 15 is 0 Å². The summed E-state index contributed by atoms with van der Waals surface area (Å²) in [6.07, 6.45) is 3.93. The minimum absolute atomic E-state index is 0.157. The summed E-state index contributed by atoms with van der Waals surface area (Å²) in [5.74, 6) is 0.0299. The van der Waals surface area contributed by atoms with E-state index in [0.717, 1.165) is 12.0 Å². The lowest BCUT2D eigenvalue weighted by molar-refractivity contribution is -0.138. The van der Waals surface area contributed by atoms with E-state index in [2.05, 4.69) is 19.9 Å². The first-order valence-electron chi connectivity index (χ1n) is 6.16. The number of fused-ring (bicyclic) bond motifs is 2. The zero-order valence-corrected chi connectivity index (χ0v) is 10.5. The van der Waals surface area contributed by atoms with Gasteiger partial charge in [0.2, 0.25) is 0 Å². The number of ether oxygens (including phenoxy) is 1. The van der Waals surface area contributed by atoms with Crippen LogP contribution in [0.3, 0.4) is 0 Å². The van der Waals surface area contributed by atoms with Gasteiger partial charge in [-0.15, -0.1) is 0 Å². The van der Waals surface area contributed by atoms with Crippen LogP contribution in [0.15, 0.2) is 22.8 Å². The highest BCUT2D eigenvalue weighted by atomic mass is 16.5. The molecule has 3 heteroatoms. The smallest absolute Gasteiger partial charge is 0.337 e. The van der Waals surface area contributed by atoms with Crippen LogP contribution in [0.1, 0.15) is 33.6 Å². The molecule has 0 saturated heterocycles. The van der Waals surface area contributed by atoms with Crippen LogP contribution >= 0.6 is 0 Å². The number of hydrogen-bond donors (Lipinski definition) is 1. The molecule has 3 rings (SSSR count). The van der Waals surface area contributed by atoms with Crippen molar-refractivity contribution in [3.8, 4) is 0 Å². The van der Waals surface area contributed by atoms with Gasteiger partial charge in [-0.2, -0.15) is 0 Å². The molecule has 3 aliphatic rings. The molecule has 0 bridgehead atoms. The molecule has 0 radical (unpaired) electrons. The number of carbonyl (C=O) groups is 1. The van der Waals surface area contributed by atoms with Crippen LogP contribution in [0.4, 0.5) is 0 Å². The summed E-state index contributed by atoms with van der Waals surface area (Å²) in [5, 5.41) is 10.4. The fraction of sp³-hybridized carbons (Fsp3) is 0.643. The number of hydrogen-bond acceptors (Lipinski definition) is 3. The second kappa shape index (κ2) is 3.02. The van der Waals surface area contributed by atoms with Gasteiger partial charge in [0.05, 0.1) is 11.2 Å². The molecule has 2 aliphatic carbocycles. The number of allylic oxidation sites excluding steroid dienone is 1. The van der Waals surface area contributed by atoms with Crippen molar-refractivity contribution in [1.82, 2.24) is 0 Å². The van der Waals surface area contributed by atoms with Gasteiger partial charge < -0.3 is 9.84 Å². The van der Waals surface area contributed by atoms with Gasteiger partial charge in [0.25, 0.3) is 0 Å². The average Bonchev–Trinajstić information content (AvgIpc) is 2.65. The molecule has 0 aromatic carbocycles. The minimum Gasteiger partial charge on any atom is -0.457 e. The molecule has 0 fully saturated rings. The molecular weight excluding hydrogens is 216 g/mol. The highest BCUT2D eigenvalue weighted by Crippen LogP contribution is 2.52. The predicted octanol–water partition coefficient (Wildman–Crippen LogP) is 1.97. The Bertz CT molecular complexity index is 466. The molecule has 0 aromatic rings. The van der Waals surface area contributed by atoms with E-state index in [9.17, 15) is 9.90 Å². The highest BCUT2D eigenvalue weighted by molar-refractivity contribution is 5.95. The summed E-state index contributed by atoms with van der Waals surface area (Å²) < 4.78 is 5.10. The van der Waals surface area contributed by atoms with Crippen molar-refractivity contribution in [2.75, 3.05) is 6.61 Å². The highest BCUT2D eigenvalue weighted by Gasteiger charge is 2.49.